The highest BCUT2D eigenvalue weighted by Crippen LogP contribution is 2.31. The number of carbonyl (C=O) groups excluding carboxylic acids is 2. The van der Waals surface area contributed by atoms with Crippen LogP contribution in [0.4, 0.5) is 0 Å². The van der Waals surface area contributed by atoms with Crippen molar-refractivity contribution in [3.8, 4) is 0 Å². The Kier molecular flexibility index (Phi) is 9.59. The Balaban J connectivity index is 1.72. The maximum absolute atomic E-state index is 12.5. The SMILES string of the molecule is O=C(O)CCCCCNC(=O)CCN1C(=O)C(=CC=Cc2ccccc2)SC1=S. The molecular weight excluding hydrogens is 408 g/mol. The van der Waals surface area contributed by atoms with Gasteiger partial charge in [-0.15, -0.1) is 0 Å². The Bertz CT molecular complexity index is 806. The lowest BCUT2D eigenvalue weighted by Gasteiger charge is -2.14. The van der Waals surface area contributed by atoms with Crippen LogP contribution in [0.2, 0.25) is 0 Å². The smallest absolute Gasteiger partial charge is 0.303 e. The van der Waals surface area contributed by atoms with Crippen molar-refractivity contribution in [2.75, 3.05) is 13.1 Å². The molecule has 2 rings (SSSR count). The molecule has 0 aliphatic carbocycles. The largest absolute Gasteiger partial charge is 0.481 e. The minimum atomic E-state index is -0.804. The number of aliphatic carboxylic acids is 1. The van der Waals surface area contributed by atoms with Crippen molar-refractivity contribution >= 4 is 52.2 Å². The predicted octanol–water partition coefficient (Wildman–Crippen LogP) is 3.60. The lowest BCUT2D eigenvalue weighted by molar-refractivity contribution is -0.137. The third kappa shape index (κ3) is 8.21. The van der Waals surface area contributed by atoms with Gasteiger partial charge in [-0.3, -0.25) is 19.3 Å². The Labute approximate surface area is 180 Å². The summed E-state index contributed by atoms with van der Waals surface area (Å²) in [7, 11) is 0. The highest BCUT2D eigenvalue weighted by molar-refractivity contribution is 8.26. The molecule has 0 bridgehead atoms. The molecule has 0 unspecified atom stereocenters. The molecule has 0 aromatic heterocycles. The standard InChI is InChI=1S/C21H24N2O4S2/c24-18(22-14-6-2-5-12-19(25)26)13-15-23-20(27)17(29-21(23)28)11-7-10-16-8-3-1-4-9-16/h1,3-4,7-11H,2,5-6,12-15H2,(H,22,24)(H,25,26). The van der Waals surface area contributed by atoms with E-state index in [2.05, 4.69) is 5.32 Å². The zero-order valence-electron chi connectivity index (χ0n) is 16.0. The molecule has 2 N–H and O–H groups in total. The fraction of sp³-hybridized carbons (Fsp3) is 0.333. The number of benzene rings is 1. The lowest BCUT2D eigenvalue weighted by atomic mass is 10.2. The van der Waals surface area contributed by atoms with Gasteiger partial charge in [0.05, 0.1) is 4.91 Å². The van der Waals surface area contributed by atoms with Crippen LogP contribution in [0, 0.1) is 0 Å². The zero-order chi connectivity index (χ0) is 21.1. The van der Waals surface area contributed by atoms with Gasteiger partial charge in [0.2, 0.25) is 5.91 Å². The van der Waals surface area contributed by atoms with Crippen molar-refractivity contribution in [2.45, 2.75) is 32.1 Å². The summed E-state index contributed by atoms with van der Waals surface area (Å²) >= 11 is 6.51. The zero-order valence-corrected chi connectivity index (χ0v) is 17.6. The first-order chi connectivity index (χ1) is 14.0. The number of allylic oxidation sites excluding steroid dienone is 2. The molecule has 8 heteroatoms. The molecule has 154 valence electrons. The van der Waals surface area contributed by atoms with Crippen LogP contribution in [-0.4, -0.2) is 45.2 Å². The van der Waals surface area contributed by atoms with Crippen molar-refractivity contribution in [3.05, 3.63) is 53.0 Å². The quantitative estimate of drug-likeness (QED) is 0.316. The molecule has 0 atom stereocenters. The average Bonchev–Trinajstić information content (AvgIpc) is 2.96. The Morgan fingerprint density at radius 2 is 1.90 bits per heavy atom. The molecule has 29 heavy (non-hydrogen) atoms. The van der Waals surface area contributed by atoms with Gasteiger partial charge in [-0.25, -0.2) is 0 Å². The molecule has 1 aliphatic rings. The van der Waals surface area contributed by atoms with Crippen LogP contribution in [0.25, 0.3) is 6.08 Å². The van der Waals surface area contributed by atoms with Gasteiger partial charge < -0.3 is 10.4 Å². The first-order valence-electron chi connectivity index (χ1n) is 9.43. The first kappa shape index (κ1) is 22.8. The monoisotopic (exact) mass is 432 g/mol. The number of carboxylic acids is 1. The van der Waals surface area contributed by atoms with Crippen molar-refractivity contribution in [1.82, 2.24) is 10.2 Å². The molecule has 1 heterocycles. The number of hydrogen-bond donors (Lipinski definition) is 2. The number of nitrogens with zero attached hydrogens (tertiary/aromatic N) is 1. The normalized spacial score (nSPS) is 15.4. The number of nitrogens with one attached hydrogen (secondary N) is 1. The number of thiocarbonyl (C=S) groups is 1. The van der Waals surface area contributed by atoms with E-state index < -0.39 is 5.97 Å². The van der Waals surface area contributed by atoms with Crippen LogP contribution < -0.4 is 5.32 Å². The fourth-order valence-electron chi connectivity index (χ4n) is 2.63. The van der Waals surface area contributed by atoms with Crippen LogP contribution >= 0.6 is 24.0 Å². The molecule has 1 saturated heterocycles. The molecule has 1 aromatic carbocycles. The van der Waals surface area contributed by atoms with Gasteiger partial charge in [0.1, 0.15) is 4.32 Å². The molecular formula is C21H24N2O4S2. The summed E-state index contributed by atoms with van der Waals surface area (Å²) in [5.74, 6) is -1.13. The molecule has 0 radical (unpaired) electrons. The summed E-state index contributed by atoms with van der Waals surface area (Å²) in [6.45, 7) is 0.746. The highest BCUT2D eigenvalue weighted by atomic mass is 32.2. The van der Waals surface area contributed by atoms with E-state index in [1.54, 1.807) is 6.08 Å². The summed E-state index contributed by atoms with van der Waals surface area (Å²) in [6, 6.07) is 9.78. The van der Waals surface area contributed by atoms with Crippen LogP contribution in [0.15, 0.2) is 47.4 Å². The molecule has 1 aromatic rings. The molecule has 6 nitrogen and oxygen atoms in total. The van der Waals surface area contributed by atoms with E-state index in [9.17, 15) is 14.4 Å². The fourth-order valence-corrected chi connectivity index (χ4v) is 3.89. The van der Waals surface area contributed by atoms with Gasteiger partial charge in [-0.2, -0.15) is 0 Å². The summed E-state index contributed by atoms with van der Waals surface area (Å²) < 4.78 is 0.454. The van der Waals surface area contributed by atoms with Gasteiger partial charge in [-0.1, -0.05) is 72.9 Å². The van der Waals surface area contributed by atoms with Crippen molar-refractivity contribution < 1.29 is 19.5 Å². The van der Waals surface area contributed by atoms with Gasteiger partial charge in [0, 0.05) is 25.9 Å². The third-order valence-electron chi connectivity index (χ3n) is 4.16. The maximum Gasteiger partial charge on any atom is 0.303 e. The highest BCUT2D eigenvalue weighted by Gasteiger charge is 2.31. The average molecular weight is 433 g/mol. The number of hydrogen-bond acceptors (Lipinski definition) is 5. The number of thioether (sulfide) groups is 1. The summed E-state index contributed by atoms with van der Waals surface area (Å²) in [4.78, 5) is 36.9. The third-order valence-corrected chi connectivity index (χ3v) is 5.56. The van der Waals surface area contributed by atoms with Crippen molar-refractivity contribution in [2.24, 2.45) is 0 Å². The summed E-state index contributed by atoms with van der Waals surface area (Å²) in [5, 5.41) is 11.4. The second-order valence-electron chi connectivity index (χ2n) is 6.43. The topological polar surface area (TPSA) is 86.7 Å². The van der Waals surface area contributed by atoms with Gasteiger partial charge >= 0.3 is 5.97 Å². The predicted molar refractivity (Wildman–Crippen MR) is 119 cm³/mol. The van der Waals surface area contributed by atoms with Crippen LogP contribution in [0.5, 0.6) is 0 Å². The molecule has 2 amide bonds. The van der Waals surface area contributed by atoms with Crippen molar-refractivity contribution in [3.63, 3.8) is 0 Å². The van der Waals surface area contributed by atoms with Crippen LogP contribution in [0.1, 0.15) is 37.7 Å². The summed E-state index contributed by atoms with van der Waals surface area (Å²) in [6.07, 6.45) is 7.88. The molecule has 0 spiro atoms. The Morgan fingerprint density at radius 1 is 1.14 bits per heavy atom. The van der Waals surface area contributed by atoms with E-state index in [1.165, 1.54) is 16.7 Å². The van der Waals surface area contributed by atoms with Gasteiger partial charge in [0.25, 0.3) is 5.91 Å². The molecule has 1 aliphatic heterocycles. The number of amides is 2. The maximum atomic E-state index is 12.5. The second kappa shape index (κ2) is 12.2. The second-order valence-corrected chi connectivity index (χ2v) is 8.11. The van der Waals surface area contributed by atoms with E-state index in [1.807, 2.05) is 42.5 Å². The Morgan fingerprint density at radius 3 is 2.62 bits per heavy atom. The minimum absolute atomic E-state index is 0.148. The van der Waals surface area contributed by atoms with Crippen LogP contribution in [0.3, 0.4) is 0 Å². The minimum Gasteiger partial charge on any atom is -0.481 e. The molecule has 0 saturated carbocycles. The Hall–Kier alpha value is -2.45. The van der Waals surface area contributed by atoms with E-state index in [0.29, 0.717) is 22.2 Å². The van der Waals surface area contributed by atoms with E-state index in [0.717, 1.165) is 18.4 Å². The van der Waals surface area contributed by atoms with E-state index in [4.69, 9.17) is 17.3 Å². The number of carboxylic acid groups (broad SMARTS) is 1. The van der Waals surface area contributed by atoms with Gasteiger partial charge in [0.15, 0.2) is 0 Å². The summed E-state index contributed by atoms with van der Waals surface area (Å²) in [5.41, 5.74) is 1.04. The molecule has 1 fully saturated rings. The van der Waals surface area contributed by atoms with Gasteiger partial charge in [-0.05, 0) is 24.5 Å². The van der Waals surface area contributed by atoms with Crippen molar-refractivity contribution in [1.29, 1.82) is 0 Å². The first-order valence-corrected chi connectivity index (χ1v) is 10.7. The lowest BCUT2D eigenvalue weighted by Crippen LogP contribution is -2.33. The number of rotatable bonds is 11. The van der Waals surface area contributed by atoms with Crippen LogP contribution in [-0.2, 0) is 14.4 Å². The number of unbranched alkanes of at least 4 members (excludes halogenated alkanes) is 2. The van der Waals surface area contributed by atoms with E-state index in [-0.39, 0.29) is 31.2 Å². The number of carbonyl (C=O) groups is 3. The van der Waals surface area contributed by atoms with E-state index >= 15 is 0 Å².